The van der Waals surface area contributed by atoms with E-state index in [1.165, 1.54) is 6.92 Å². The van der Waals surface area contributed by atoms with Gasteiger partial charge >= 0.3 is 5.97 Å². The molecule has 0 bridgehead atoms. The molecule has 0 amide bonds. The summed E-state index contributed by atoms with van der Waals surface area (Å²) in [6, 6.07) is 0. The molecule has 0 radical (unpaired) electrons. The van der Waals surface area contributed by atoms with Crippen LogP contribution in [0.2, 0.25) is 0 Å². The Morgan fingerprint density at radius 3 is 1.84 bits per heavy atom. The van der Waals surface area contributed by atoms with Crippen LogP contribution >= 0.6 is 0 Å². The maximum Gasteiger partial charge on any atom is 0.302 e. The lowest BCUT2D eigenvalue weighted by atomic mass is 9.73. The first-order valence-electron chi connectivity index (χ1n) is 15.8. The Morgan fingerprint density at radius 1 is 0.667 bits per heavy atom. The Bertz CT molecular complexity index is 963. The third-order valence-corrected chi connectivity index (χ3v) is 9.96. The predicted molar refractivity (Wildman–Crippen MR) is 147 cm³/mol. The van der Waals surface area contributed by atoms with Crippen molar-refractivity contribution in [2.75, 3.05) is 13.2 Å². The number of carbonyl (C=O) groups excluding carboxylic acids is 1. The Kier molecular flexibility index (Phi) is 11.7. The number of hydrogen-bond acceptors (Lipinski definition) is 16. The summed E-state index contributed by atoms with van der Waals surface area (Å²) in [6.07, 6.45) is -15.9. The molecule has 45 heavy (non-hydrogen) atoms. The molecule has 16 atom stereocenters. The number of carbonyl (C=O) groups is 1. The average Bonchev–Trinajstić information content (AvgIpc) is 3.01. The molecule has 5 rings (SSSR count). The Morgan fingerprint density at radius 2 is 1.24 bits per heavy atom. The van der Waals surface area contributed by atoms with E-state index >= 15 is 0 Å². The minimum atomic E-state index is -1.68. The van der Waals surface area contributed by atoms with Crippen LogP contribution in [-0.4, -0.2) is 163 Å². The van der Waals surface area contributed by atoms with E-state index in [9.17, 15) is 50.8 Å². The smallest absolute Gasteiger partial charge is 0.302 e. The van der Waals surface area contributed by atoms with E-state index in [0.29, 0.717) is 25.7 Å². The fraction of sp³-hybridized carbons (Fsp3) is 0.966. The summed E-state index contributed by atoms with van der Waals surface area (Å²) in [5, 5.41) is 93.4. The van der Waals surface area contributed by atoms with Gasteiger partial charge in [-0.25, -0.2) is 0 Å². The van der Waals surface area contributed by atoms with Gasteiger partial charge in [0, 0.05) is 19.3 Å². The summed E-state index contributed by atoms with van der Waals surface area (Å²) >= 11 is 0. The molecule has 3 saturated heterocycles. The fourth-order valence-corrected chi connectivity index (χ4v) is 7.40. The van der Waals surface area contributed by atoms with Crippen LogP contribution in [0.25, 0.3) is 0 Å². The summed E-state index contributed by atoms with van der Waals surface area (Å²) in [4.78, 5) is 11.3. The standard InChI is InChI=1S/C29H48O16/c1-11(31)40-10-20-22(35)24(37)26(39)28(45-20)42-17-7-14(33)6-16-15(17)8-18(27(41-16)12-2-4-13(32)5-3-12)43-29-25(38)23(36)21(34)19(9-30)44-29/h12-30,32-39H,2-10H2,1H3/t12?,13?,14?,15?,16?,17?,18?,19-,20-,21-,22-,23+,24+,25-,26-,27?,28-,29-/m1/s1. The number of aliphatic hydroxyl groups excluding tert-OH is 9. The zero-order valence-electron chi connectivity index (χ0n) is 25.1. The first-order valence-corrected chi connectivity index (χ1v) is 15.8. The number of fused-ring (bicyclic) bond motifs is 1. The van der Waals surface area contributed by atoms with E-state index < -0.39 is 123 Å². The van der Waals surface area contributed by atoms with E-state index in [1.807, 2.05) is 0 Å². The number of hydrogen-bond donors (Lipinski definition) is 9. The molecule has 0 spiro atoms. The lowest BCUT2D eigenvalue weighted by Gasteiger charge is -2.52. The first kappa shape index (κ1) is 35.2. The fourth-order valence-electron chi connectivity index (χ4n) is 7.40. The summed E-state index contributed by atoms with van der Waals surface area (Å²) < 4.78 is 35.3. The Hall–Kier alpha value is -1.09. The highest BCUT2D eigenvalue weighted by molar-refractivity contribution is 5.65. The monoisotopic (exact) mass is 652 g/mol. The van der Waals surface area contributed by atoms with Crippen LogP contribution in [0, 0.1) is 11.8 Å². The van der Waals surface area contributed by atoms with Crippen LogP contribution in [0.4, 0.5) is 0 Å². The van der Waals surface area contributed by atoms with Crippen molar-refractivity contribution in [1.82, 2.24) is 0 Å². The van der Waals surface area contributed by atoms with Gasteiger partial charge in [0.15, 0.2) is 12.6 Å². The second-order valence-electron chi connectivity index (χ2n) is 13.1. The lowest BCUT2D eigenvalue weighted by molar-refractivity contribution is -0.344. The highest BCUT2D eigenvalue weighted by atomic mass is 16.7. The largest absolute Gasteiger partial charge is 0.463 e. The van der Waals surface area contributed by atoms with Crippen LogP contribution in [0.15, 0.2) is 0 Å². The summed E-state index contributed by atoms with van der Waals surface area (Å²) in [6.45, 7) is 0.152. The normalized spacial score (nSPS) is 50.9. The van der Waals surface area contributed by atoms with Gasteiger partial charge in [-0.3, -0.25) is 4.79 Å². The number of rotatable bonds is 8. The zero-order valence-corrected chi connectivity index (χ0v) is 25.1. The molecule has 3 heterocycles. The molecular formula is C29H48O16. The Balaban J connectivity index is 1.35. The molecule has 0 aromatic rings. The van der Waals surface area contributed by atoms with E-state index in [-0.39, 0.29) is 25.2 Å². The van der Waals surface area contributed by atoms with Crippen molar-refractivity contribution in [2.24, 2.45) is 11.8 Å². The molecule has 0 aromatic heterocycles. The molecule has 3 aliphatic heterocycles. The molecule has 5 fully saturated rings. The van der Waals surface area contributed by atoms with Crippen molar-refractivity contribution >= 4 is 5.97 Å². The van der Waals surface area contributed by atoms with Crippen molar-refractivity contribution in [2.45, 2.75) is 150 Å². The van der Waals surface area contributed by atoms with Crippen LogP contribution < -0.4 is 0 Å². The van der Waals surface area contributed by atoms with Crippen molar-refractivity contribution in [3.63, 3.8) is 0 Å². The van der Waals surface area contributed by atoms with E-state index in [0.717, 1.165) is 0 Å². The topological polar surface area (TPSA) is 255 Å². The second-order valence-corrected chi connectivity index (χ2v) is 13.1. The molecule has 260 valence electrons. The van der Waals surface area contributed by atoms with Gasteiger partial charge in [-0.05, 0) is 44.4 Å². The number of esters is 1. The number of ether oxygens (including phenoxy) is 6. The zero-order chi connectivity index (χ0) is 32.6. The third-order valence-electron chi connectivity index (χ3n) is 9.96. The minimum Gasteiger partial charge on any atom is -0.463 e. The van der Waals surface area contributed by atoms with Gasteiger partial charge in [0.1, 0.15) is 55.4 Å². The van der Waals surface area contributed by atoms with E-state index in [4.69, 9.17) is 28.4 Å². The molecule has 16 heteroatoms. The molecule has 6 unspecified atom stereocenters. The maximum absolute atomic E-state index is 11.3. The summed E-state index contributed by atoms with van der Waals surface area (Å²) in [5.41, 5.74) is 0. The molecule has 9 N–H and O–H groups in total. The second kappa shape index (κ2) is 15.0. The Labute approximate surface area is 260 Å². The van der Waals surface area contributed by atoms with E-state index in [2.05, 4.69) is 0 Å². The van der Waals surface area contributed by atoms with Gasteiger partial charge in [0.2, 0.25) is 0 Å². The average molecular weight is 653 g/mol. The predicted octanol–water partition coefficient (Wildman–Crippen LogP) is -3.59. The van der Waals surface area contributed by atoms with Gasteiger partial charge in [0.05, 0.1) is 43.2 Å². The van der Waals surface area contributed by atoms with E-state index in [1.54, 1.807) is 0 Å². The van der Waals surface area contributed by atoms with Gasteiger partial charge in [-0.1, -0.05) is 0 Å². The molecular weight excluding hydrogens is 604 g/mol. The van der Waals surface area contributed by atoms with Crippen LogP contribution in [-0.2, 0) is 33.2 Å². The highest BCUT2D eigenvalue weighted by Gasteiger charge is 2.53. The molecule has 5 aliphatic rings. The quantitative estimate of drug-likeness (QED) is 0.115. The summed E-state index contributed by atoms with van der Waals surface area (Å²) in [7, 11) is 0. The lowest BCUT2D eigenvalue weighted by Crippen LogP contribution is -2.63. The molecule has 0 aromatic carbocycles. The van der Waals surface area contributed by atoms with Crippen LogP contribution in [0.1, 0.15) is 51.9 Å². The van der Waals surface area contributed by atoms with Crippen molar-refractivity contribution in [3.05, 3.63) is 0 Å². The van der Waals surface area contributed by atoms with Gasteiger partial charge in [-0.2, -0.15) is 0 Å². The van der Waals surface area contributed by atoms with Gasteiger partial charge < -0.3 is 74.4 Å². The number of aliphatic hydroxyl groups is 9. The maximum atomic E-state index is 11.3. The van der Waals surface area contributed by atoms with Crippen LogP contribution in [0.5, 0.6) is 0 Å². The van der Waals surface area contributed by atoms with Gasteiger partial charge in [0.25, 0.3) is 0 Å². The molecule has 2 saturated carbocycles. The highest BCUT2D eigenvalue weighted by Crippen LogP contribution is 2.44. The first-order chi connectivity index (χ1) is 21.4. The van der Waals surface area contributed by atoms with Crippen molar-refractivity contribution in [3.8, 4) is 0 Å². The van der Waals surface area contributed by atoms with Gasteiger partial charge in [-0.15, -0.1) is 0 Å². The van der Waals surface area contributed by atoms with Crippen molar-refractivity contribution < 1.29 is 79.2 Å². The summed E-state index contributed by atoms with van der Waals surface area (Å²) in [5.74, 6) is -1.14. The SMILES string of the molecule is CC(=O)OC[C@H]1O[C@@H](OC2CC(O)CC3OC(C4CCC(O)CC4)C(O[C@@H]4O[C@H](CO)[C@@H](O)[C@H](O)[C@H]4O)CC32)[C@H](O)[C@@H](O)[C@@H]1O. The molecule has 16 nitrogen and oxygen atoms in total. The third kappa shape index (κ3) is 7.81. The van der Waals surface area contributed by atoms with Crippen LogP contribution in [0.3, 0.4) is 0 Å². The minimum absolute atomic E-state index is 0.0511. The molecule has 2 aliphatic carbocycles. The van der Waals surface area contributed by atoms with Crippen molar-refractivity contribution in [1.29, 1.82) is 0 Å².